The molecular formula is C33H39N3O5S. The molecule has 0 spiro atoms. The molecule has 42 heavy (non-hydrogen) atoms. The van der Waals surface area contributed by atoms with Crippen molar-refractivity contribution in [3.05, 3.63) is 81.2 Å². The number of carbonyl (C=O) groups is 3. The topological polar surface area (TPSA) is 106 Å². The third-order valence-electron chi connectivity index (χ3n) is 7.18. The molecule has 2 N–H and O–H groups in total. The fourth-order valence-corrected chi connectivity index (χ4v) is 6.10. The normalized spacial score (nSPS) is 15.5. The highest BCUT2D eigenvalue weighted by molar-refractivity contribution is 7.17. The van der Waals surface area contributed by atoms with Crippen LogP contribution in [-0.2, 0) is 27.8 Å². The van der Waals surface area contributed by atoms with Crippen LogP contribution in [0, 0.1) is 5.92 Å². The molecule has 0 fully saturated rings. The molecule has 1 aliphatic rings. The lowest BCUT2D eigenvalue weighted by molar-refractivity contribution is -0.127. The summed E-state index contributed by atoms with van der Waals surface area (Å²) in [6.45, 7) is 12.3. The van der Waals surface area contributed by atoms with E-state index in [9.17, 15) is 14.4 Å². The molecule has 222 valence electrons. The zero-order chi connectivity index (χ0) is 30.4. The van der Waals surface area contributed by atoms with Gasteiger partial charge in [-0.05, 0) is 85.4 Å². The monoisotopic (exact) mass is 589 g/mol. The average molecular weight is 590 g/mol. The molecule has 0 radical (unpaired) electrons. The molecule has 1 aromatic heterocycles. The van der Waals surface area contributed by atoms with Crippen molar-refractivity contribution in [3.63, 3.8) is 0 Å². The Hall–Kier alpha value is -3.98. The Morgan fingerprint density at radius 1 is 1.10 bits per heavy atom. The first-order chi connectivity index (χ1) is 20.0. The number of fused-ring (bicyclic) bond motifs is 1. The lowest BCUT2D eigenvalue weighted by Gasteiger charge is -2.18. The molecular weight excluding hydrogens is 550 g/mol. The summed E-state index contributed by atoms with van der Waals surface area (Å²) < 4.78 is 11.1. The molecule has 0 bridgehead atoms. The highest BCUT2D eigenvalue weighted by Crippen LogP contribution is 2.40. The van der Waals surface area contributed by atoms with Crippen LogP contribution in [0.1, 0.15) is 90.2 Å². The fraction of sp³-hybridized carbons (Fsp3) is 0.394. The van der Waals surface area contributed by atoms with Gasteiger partial charge in [0.25, 0.3) is 11.8 Å². The summed E-state index contributed by atoms with van der Waals surface area (Å²) >= 11 is 1.45. The Morgan fingerprint density at radius 3 is 2.43 bits per heavy atom. The quantitative estimate of drug-likeness (QED) is 0.168. The van der Waals surface area contributed by atoms with Crippen molar-refractivity contribution in [2.24, 2.45) is 11.0 Å². The SMILES string of the molecule is CCOC(=O)c1c(NC(=O)c2ccc(O[C@H](C)C(=O)N/N=C\c3ccc(C(C)(C)C)cc3)cc2)sc2c1CC[C@@H](C)C2. The number of esters is 1. The van der Waals surface area contributed by atoms with Crippen molar-refractivity contribution in [2.45, 2.75) is 72.3 Å². The van der Waals surface area contributed by atoms with Gasteiger partial charge in [0.15, 0.2) is 6.10 Å². The molecule has 4 rings (SSSR count). The molecule has 1 aliphatic carbocycles. The smallest absolute Gasteiger partial charge is 0.341 e. The Morgan fingerprint density at radius 2 is 1.79 bits per heavy atom. The van der Waals surface area contributed by atoms with E-state index in [0.717, 1.165) is 35.3 Å². The predicted molar refractivity (Wildman–Crippen MR) is 167 cm³/mol. The summed E-state index contributed by atoms with van der Waals surface area (Å²) in [6.07, 6.45) is 3.46. The van der Waals surface area contributed by atoms with Crippen LogP contribution in [0.4, 0.5) is 5.00 Å². The Balaban J connectivity index is 1.34. The number of hydrogen-bond donors (Lipinski definition) is 2. The third kappa shape index (κ3) is 7.64. The Bertz CT molecular complexity index is 1450. The molecule has 8 nitrogen and oxygen atoms in total. The Labute approximate surface area is 251 Å². The van der Waals surface area contributed by atoms with E-state index < -0.39 is 18.0 Å². The minimum atomic E-state index is -0.808. The van der Waals surface area contributed by atoms with Crippen molar-refractivity contribution in [3.8, 4) is 5.75 Å². The number of nitrogens with one attached hydrogen (secondary N) is 2. The number of thiophene rings is 1. The second-order valence-corrected chi connectivity index (χ2v) is 12.7. The molecule has 0 aliphatic heterocycles. The number of benzene rings is 2. The average Bonchev–Trinajstić information content (AvgIpc) is 3.30. The maximum atomic E-state index is 13.1. The van der Waals surface area contributed by atoms with Gasteiger partial charge in [-0.25, -0.2) is 10.2 Å². The predicted octanol–water partition coefficient (Wildman–Crippen LogP) is 6.52. The van der Waals surface area contributed by atoms with Crippen LogP contribution in [0.2, 0.25) is 0 Å². The molecule has 1 heterocycles. The van der Waals surface area contributed by atoms with Gasteiger partial charge >= 0.3 is 5.97 Å². The molecule has 9 heteroatoms. The van der Waals surface area contributed by atoms with E-state index >= 15 is 0 Å². The van der Waals surface area contributed by atoms with Crippen molar-refractivity contribution in [2.75, 3.05) is 11.9 Å². The van der Waals surface area contributed by atoms with Gasteiger partial charge in [0.05, 0.1) is 18.4 Å². The minimum absolute atomic E-state index is 0.0643. The number of rotatable bonds is 9. The van der Waals surface area contributed by atoms with E-state index in [-0.39, 0.29) is 17.9 Å². The van der Waals surface area contributed by atoms with Crippen LogP contribution >= 0.6 is 11.3 Å². The summed E-state index contributed by atoms with van der Waals surface area (Å²) in [5.74, 6) is -0.178. The van der Waals surface area contributed by atoms with E-state index in [1.807, 2.05) is 24.3 Å². The molecule has 2 aromatic carbocycles. The van der Waals surface area contributed by atoms with E-state index in [0.29, 0.717) is 27.8 Å². The third-order valence-corrected chi connectivity index (χ3v) is 8.35. The second-order valence-electron chi connectivity index (χ2n) is 11.6. The first-order valence-corrected chi connectivity index (χ1v) is 15.1. The second kappa shape index (κ2) is 13.3. The van der Waals surface area contributed by atoms with E-state index in [2.05, 4.69) is 43.5 Å². The highest BCUT2D eigenvalue weighted by atomic mass is 32.1. The summed E-state index contributed by atoms with van der Waals surface area (Å²) in [5.41, 5.74) is 6.52. The number of ether oxygens (including phenoxy) is 2. The molecule has 2 atom stereocenters. The van der Waals surface area contributed by atoms with Crippen molar-refractivity contribution in [1.82, 2.24) is 5.43 Å². The lowest BCUT2D eigenvalue weighted by atomic mass is 9.87. The minimum Gasteiger partial charge on any atom is -0.481 e. The Kier molecular flexibility index (Phi) is 9.83. The summed E-state index contributed by atoms with van der Waals surface area (Å²) in [5, 5.41) is 7.49. The van der Waals surface area contributed by atoms with E-state index in [1.165, 1.54) is 16.9 Å². The number of nitrogens with zero attached hydrogens (tertiary/aromatic N) is 1. The standard InChI is InChI=1S/C33H39N3O5S/c1-7-40-32(39)28-26-17-8-20(2)18-27(26)42-31(28)35-30(38)23-11-15-25(16-12-23)41-21(3)29(37)36-34-19-22-9-13-24(14-10-22)33(4,5)6/h9-16,19-21H,7-8,17-18H2,1-6H3,(H,35,38)(H,36,37)/b34-19-/t20-,21-/m1/s1. The molecule has 0 saturated carbocycles. The fourth-order valence-electron chi connectivity index (χ4n) is 4.71. The number of anilines is 1. The van der Waals surface area contributed by atoms with Crippen LogP contribution < -0.4 is 15.5 Å². The summed E-state index contributed by atoms with van der Waals surface area (Å²) in [4.78, 5) is 39.5. The van der Waals surface area contributed by atoms with Crippen molar-refractivity contribution >= 4 is 40.3 Å². The van der Waals surface area contributed by atoms with Gasteiger partial charge in [0, 0.05) is 10.4 Å². The first kappa shape index (κ1) is 31.0. The van der Waals surface area contributed by atoms with Gasteiger partial charge in [-0.1, -0.05) is 52.0 Å². The summed E-state index contributed by atoms with van der Waals surface area (Å²) in [7, 11) is 0. The maximum Gasteiger partial charge on any atom is 0.341 e. The zero-order valence-corrected chi connectivity index (χ0v) is 25.9. The van der Waals surface area contributed by atoms with Gasteiger partial charge in [-0.2, -0.15) is 5.10 Å². The number of hydrazone groups is 1. The van der Waals surface area contributed by atoms with Gasteiger partial charge in [0.2, 0.25) is 0 Å². The maximum absolute atomic E-state index is 13.1. The lowest BCUT2D eigenvalue weighted by Crippen LogP contribution is -2.33. The van der Waals surface area contributed by atoms with Crippen LogP contribution in [0.25, 0.3) is 0 Å². The number of carbonyl (C=O) groups excluding carboxylic acids is 3. The molecule has 0 saturated heterocycles. The van der Waals surface area contributed by atoms with Crippen LogP contribution in [0.15, 0.2) is 53.6 Å². The van der Waals surface area contributed by atoms with Crippen molar-refractivity contribution < 1.29 is 23.9 Å². The number of amides is 2. The van der Waals surface area contributed by atoms with Gasteiger partial charge in [-0.15, -0.1) is 11.3 Å². The highest BCUT2D eigenvalue weighted by Gasteiger charge is 2.29. The summed E-state index contributed by atoms with van der Waals surface area (Å²) in [6, 6.07) is 14.5. The number of hydrogen-bond acceptors (Lipinski definition) is 7. The molecule has 0 unspecified atom stereocenters. The first-order valence-electron chi connectivity index (χ1n) is 14.3. The largest absolute Gasteiger partial charge is 0.481 e. The van der Waals surface area contributed by atoms with Crippen LogP contribution in [0.5, 0.6) is 5.75 Å². The molecule has 3 aromatic rings. The van der Waals surface area contributed by atoms with Crippen molar-refractivity contribution in [1.29, 1.82) is 0 Å². The zero-order valence-electron chi connectivity index (χ0n) is 25.1. The molecule has 2 amide bonds. The van der Waals surface area contributed by atoms with Gasteiger partial charge < -0.3 is 14.8 Å². The van der Waals surface area contributed by atoms with Crippen LogP contribution in [-0.4, -0.2) is 36.7 Å². The van der Waals surface area contributed by atoms with E-state index in [1.54, 1.807) is 44.3 Å². The van der Waals surface area contributed by atoms with E-state index in [4.69, 9.17) is 9.47 Å². The van der Waals surface area contributed by atoms with Crippen LogP contribution in [0.3, 0.4) is 0 Å². The van der Waals surface area contributed by atoms with Gasteiger partial charge in [-0.3, -0.25) is 9.59 Å². The van der Waals surface area contributed by atoms with Gasteiger partial charge in [0.1, 0.15) is 10.8 Å².